The first-order valence-corrected chi connectivity index (χ1v) is 16.5. The number of hydrogen-bond acceptors (Lipinski definition) is 6. The van der Waals surface area contributed by atoms with Crippen LogP contribution < -0.4 is 10.2 Å². The molecule has 2 heterocycles. The lowest BCUT2D eigenvalue weighted by molar-refractivity contribution is -0.128. The molecule has 3 N–H and O–H groups in total. The van der Waals surface area contributed by atoms with Crippen LogP contribution in [0.3, 0.4) is 0 Å². The van der Waals surface area contributed by atoms with Gasteiger partial charge in [-0.2, -0.15) is 21.0 Å². The molecule has 0 unspecified atom stereocenters. The summed E-state index contributed by atoms with van der Waals surface area (Å²) in [6.07, 6.45) is 5.72. The van der Waals surface area contributed by atoms with Crippen molar-refractivity contribution in [3.8, 4) is 22.9 Å². The molecule has 3 aliphatic rings. The van der Waals surface area contributed by atoms with E-state index in [1.165, 1.54) is 12.1 Å². The van der Waals surface area contributed by atoms with E-state index in [1.807, 2.05) is 18.3 Å². The Bertz CT molecular complexity index is 1500. The van der Waals surface area contributed by atoms with Crippen LogP contribution >= 0.6 is 10.6 Å². The van der Waals surface area contributed by atoms with Gasteiger partial charge in [-0.25, -0.2) is 9.07 Å². The van der Waals surface area contributed by atoms with Gasteiger partial charge in [0, 0.05) is 42.4 Å². The largest absolute Gasteiger partial charge is 0.368 e. The minimum absolute atomic E-state index is 0.0135. The fourth-order valence-corrected chi connectivity index (χ4v) is 7.58. The molecule has 2 aromatic carbocycles. The zero-order chi connectivity index (χ0) is 29.7. The topological polar surface area (TPSA) is 114 Å². The number of carbonyl (C=O) groups excluding carboxylic acids is 1. The molecule has 10 heteroatoms. The number of benzene rings is 2. The van der Waals surface area contributed by atoms with Gasteiger partial charge in [-0.1, -0.05) is 26.0 Å². The highest BCUT2D eigenvalue weighted by Crippen LogP contribution is 2.49. The van der Waals surface area contributed by atoms with Crippen LogP contribution in [0.2, 0.25) is 0 Å². The van der Waals surface area contributed by atoms with E-state index < -0.39 is 16.1 Å². The number of carbonyl (C=O) groups is 1. The van der Waals surface area contributed by atoms with Crippen LogP contribution in [0.15, 0.2) is 54.7 Å². The molecular formula is C32H38FN5O3S. The second kappa shape index (κ2) is 10.7. The highest BCUT2D eigenvalue weighted by Gasteiger charge is 2.48. The number of amides is 1. The van der Waals surface area contributed by atoms with E-state index in [0.29, 0.717) is 43.9 Å². The number of nitriles is 1. The Morgan fingerprint density at radius 1 is 1.05 bits per heavy atom. The first-order valence-electron chi connectivity index (χ1n) is 14.6. The molecule has 0 radical (unpaired) electrons. The maximum Gasteiger partial charge on any atom is 0.225 e. The minimum atomic E-state index is -2.48. The molecule has 1 aromatic heterocycles. The summed E-state index contributed by atoms with van der Waals surface area (Å²) in [5, 5.41) is 17.7. The van der Waals surface area contributed by atoms with Crippen molar-refractivity contribution in [3.05, 3.63) is 66.2 Å². The second-order valence-electron chi connectivity index (χ2n) is 12.9. The molecule has 6 rings (SSSR count). The van der Waals surface area contributed by atoms with E-state index in [0.717, 1.165) is 41.0 Å². The number of nitrogens with one attached hydrogen (secondary N) is 1. The Labute approximate surface area is 247 Å². The SMILES string of the molecule is CC1(C)CC[C@@H](C(=O)NC2(C#N)CC2)[C@H](c2nn(-c3ccc(F)cc3)cc2-c2ccc(N3CCS(O)(O)CC3)cc2)C1. The monoisotopic (exact) mass is 591 g/mol. The third-order valence-electron chi connectivity index (χ3n) is 9.16. The van der Waals surface area contributed by atoms with Crippen molar-refractivity contribution in [1.82, 2.24) is 15.1 Å². The third kappa shape index (κ3) is 5.91. The van der Waals surface area contributed by atoms with E-state index in [9.17, 15) is 23.6 Å². The van der Waals surface area contributed by atoms with Gasteiger partial charge in [0.2, 0.25) is 5.91 Å². The van der Waals surface area contributed by atoms with Crippen molar-refractivity contribution < 1.29 is 18.3 Å². The Hall–Kier alpha value is -3.39. The maximum absolute atomic E-state index is 13.7. The average Bonchev–Trinajstić information content (AvgIpc) is 3.59. The van der Waals surface area contributed by atoms with E-state index in [-0.39, 0.29) is 29.0 Å². The van der Waals surface area contributed by atoms with Crippen LogP contribution in [0.5, 0.6) is 0 Å². The number of hydrogen-bond donors (Lipinski definition) is 3. The van der Waals surface area contributed by atoms with E-state index in [1.54, 1.807) is 16.8 Å². The summed E-state index contributed by atoms with van der Waals surface area (Å²) in [4.78, 5) is 15.8. The second-order valence-corrected chi connectivity index (χ2v) is 15.3. The lowest BCUT2D eigenvalue weighted by Gasteiger charge is -2.42. The highest BCUT2D eigenvalue weighted by molar-refractivity contribution is 8.24. The standard InChI is InChI=1S/C32H38FN5O3S/c1-31(2)12-11-26(30(39)35-32(21-34)13-14-32)27(19-31)29-28(20-38(36-29)25-9-5-23(33)6-10-25)22-3-7-24(8-4-22)37-15-17-42(40,41)18-16-37/h3-10,20,26-27,40-41H,11-19H2,1-2H3,(H,35,39)/t26-,27-/m1/s1. The first kappa shape index (κ1) is 28.7. The number of anilines is 1. The van der Waals surface area contributed by atoms with E-state index >= 15 is 0 Å². The summed E-state index contributed by atoms with van der Waals surface area (Å²) in [7, 11) is -2.48. The molecule has 3 aromatic rings. The average molecular weight is 592 g/mol. The molecule has 0 bridgehead atoms. The van der Waals surface area contributed by atoms with Crippen molar-refractivity contribution in [2.24, 2.45) is 11.3 Å². The lowest BCUT2D eigenvalue weighted by Crippen LogP contribution is -2.44. The van der Waals surface area contributed by atoms with Crippen LogP contribution in [0.1, 0.15) is 57.6 Å². The first-order chi connectivity index (χ1) is 20.0. The van der Waals surface area contributed by atoms with Gasteiger partial charge < -0.3 is 10.2 Å². The smallest absolute Gasteiger partial charge is 0.225 e. The molecule has 0 spiro atoms. The molecule has 8 nitrogen and oxygen atoms in total. The summed E-state index contributed by atoms with van der Waals surface area (Å²) in [6, 6.07) is 16.7. The summed E-state index contributed by atoms with van der Waals surface area (Å²) >= 11 is 0. The summed E-state index contributed by atoms with van der Waals surface area (Å²) in [5.74, 6) is -0.130. The molecule has 222 valence electrons. The number of halogens is 1. The molecule has 1 amide bonds. The van der Waals surface area contributed by atoms with Gasteiger partial charge in [0.15, 0.2) is 0 Å². The van der Waals surface area contributed by atoms with Crippen LogP contribution in [0.4, 0.5) is 10.1 Å². The Morgan fingerprint density at radius 3 is 2.31 bits per heavy atom. The van der Waals surface area contributed by atoms with Gasteiger partial charge in [0.1, 0.15) is 11.4 Å². The van der Waals surface area contributed by atoms with Gasteiger partial charge >= 0.3 is 0 Å². The molecular weight excluding hydrogens is 553 g/mol. The molecule has 2 aliphatic carbocycles. The van der Waals surface area contributed by atoms with Crippen LogP contribution in [0.25, 0.3) is 16.8 Å². The van der Waals surface area contributed by atoms with Gasteiger partial charge in [0.05, 0.1) is 29.0 Å². The van der Waals surface area contributed by atoms with Gasteiger partial charge in [-0.15, -0.1) is 0 Å². The number of rotatable bonds is 6. The van der Waals surface area contributed by atoms with Crippen molar-refractivity contribution in [1.29, 1.82) is 5.26 Å². The Kier molecular flexibility index (Phi) is 7.32. The molecule has 3 fully saturated rings. The normalized spacial score (nSPS) is 24.8. The zero-order valence-electron chi connectivity index (χ0n) is 24.1. The third-order valence-corrected chi connectivity index (χ3v) is 10.8. The van der Waals surface area contributed by atoms with Gasteiger partial charge in [-0.3, -0.25) is 13.9 Å². The fraction of sp³-hybridized carbons (Fsp3) is 0.469. The Morgan fingerprint density at radius 2 is 1.69 bits per heavy atom. The lowest BCUT2D eigenvalue weighted by atomic mass is 9.65. The number of aromatic nitrogens is 2. The van der Waals surface area contributed by atoms with E-state index in [2.05, 4.69) is 42.3 Å². The van der Waals surface area contributed by atoms with Crippen LogP contribution in [0, 0.1) is 28.5 Å². The molecule has 2 atom stereocenters. The molecule has 42 heavy (non-hydrogen) atoms. The van der Waals surface area contributed by atoms with E-state index in [4.69, 9.17) is 5.10 Å². The summed E-state index contributed by atoms with van der Waals surface area (Å²) in [5.41, 5.74) is 3.73. The molecule has 1 saturated heterocycles. The van der Waals surface area contributed by atoms with Crippen molar-refractivity contribution in [2.45, 2.75) is 57.4 Å². The van der Waals surface area contributed by atoms with Gasteiger partial charge in [-0.05, 0) is 79.5 Å². The predicted molar refractivity (Wildman–Crippen MR) is 163 cm³/mol. The van der Waals surface area contributed by atoms with Crippen LogP contribution in [-0.4, -0.2) is 54.9 Å². The van der Waals surface area contributed by atoms with Crippen molar-refractivity contribution in [2.75, 3.05) is 29.5 Å². The highest BCUT2D eigenvalue weighted by atomic mass is 32.3. The maximum atomic E-state index is 13.7. The quantitative estimate of drug-likeness (QED) is 0.309. The Balaban J connectivity index is 1.37. The zero-order valence-corrected chi connectivity index (χ0v) is 24.9. The molecule has 2 saturated carbocycles. The predicted octanol–water partition coefficient (Wildman–Crippen LogP) is 6.33. The van der Waals surface area contributed by atoms with Crippen LogP contribution in [-0.2, 0) is 4.79 Å². The number of nitrogens with zero attached hydrogens (tertiary/aromatic N) is 4. The van der Waals surface area contributed by atoms with Crippen molar-refractivity contribution in [3.63, 3.8) is 0 Å². The molecule has 1 aliphatic heterocycles. The van der Waals surface area contributed by atoms with Crippen molar-refractivity contribution >= 4 is 22.2 Å². The van der Waals surface area contributed by atoms with Gasteiger partial charge in [0.25, 0.3) is 0 Å². The minimum Gasteiger partial charge on any atom is -0.368 e. The fourth-order valence-electron chi connectivity index (χ4n) is 6.35. The summed E-state index contributed by atoms with van der Waals surface area (Å²) in [6.45, 7) is 5.64. The summed E-state index contributed by atoms with van der Waals surface area (Å²) < 4.78 is 35.5.